The van der Waals surface area contributed by atoms with Gasteiger partial charge in [-0.05, 0) is 24.6 Å². The molecule has 23 heavy (non-hydrogen) atoms. The molecule has 2 heterocycles. The van der Waals surface area contributed by atoms with Crippen LogP contribution in [0.4, 0.5) is 5.69 Å². The molecular formula is C15H11Cl2N5O. The topological polar surface area (TPSA) is 72.7 Å². The van der Waals surface area contributed by atoms with E-state index in [0.717, 1.165) is 5.56 Å². The molecule has 0 aliphatic rings. The molecule has 0 saturated heterocycles. The number of carbonyl (C=O) groups excluding carboxylic acids is 1. The van der Waals surface area contributed by atoms with Gasteiger partial charge in [0.15, 0.2) is 5.69 Å². The second-order valence-corrected chi connectivity index (χ2v) is 5.52. The number of amides is 1. The summed E-state index contributed by atoms with van der Waals surface area (Å²) in [6, 6.07) is 5.26. The van der Waals surface area contributed by atoms with Gasteiger partial charge < -0.3 is 5.32 Å². The van der Waals surface area contributed by atoms with Crippen LogP contribution in [-0.4, -0.2) is 25.4 Å². The summed E-state index contributed by atoms with van der Waals surface area (Å²) in [7, 11) is 0. The Morgan fingerprint density at radius 2 is 2.09 bits per heavy atom. The molecule has 0 radical (unpaired) electrons. The van der Waals surface area contributed by atoms with Gasteiger partial charge in [-0.2, -0.15) is 0 Å². The molecule has 1 amide bonds. The molecule has 0 saturated carbocycles. The molecule has 0 aliphatic carbocycles. The third-order valence-corrected chi connectivity index (χ3v) is 3.88. The Balaban J connectivity index is 1.93. The van der Waals surface area contributed by atoms with Crippen molar-refractivity contribution in [1.29, 1.82) is 0 Å². The molecule has 3 aromatic rings. The first-order chi connectivity index (χ1) is 11.1. The predicted octanol–water partition coefficient (Wildman–Crippen LogP) is 3.53. The zero-order valence-corrected chi connectivity index (χ0v) is 13.5. The van der Waals surface area contributed by atoms with Crippen LogP contribution in [0.15, 0.2) is 43.1 Å². The van der Waals surface area contributed by atoms with Crippen LogP contribution in [0, 0.1) is 6.92 Å². The van der Waals surface area contributed by atoms with Gasteiger partial charge in [-0.15, -0.1) is 0 Å². The first kappa shape index (κ1) is 15.5. The summed E-state index contributed by atoms with van der Waals surface area (Å²) in [6.45, 7) is 1.82. The zero-order valence-electron chi connectivity index (χ0n) is 12.0. The number of nitrogens with one attached hydrogen (secondary N) is 1. The summed E-state index contributed by atoms with van der Waals surface area (Å²) in [5, 5.41) is 3.48. The highest BCUT2D eigenvalue weighted by Gasteiger charge is 2.16. The van der Waals surface area contributed by atoms with E-state index in [1.54, 1.807) is 35.2 Å². The fourth-order valence-electron chi connectivity index (χ4n) is 1.94. The molecule has 0 spiro atoms. The van der Waals surface area contributed by atoms with Crippen LogP contribution in [0.1, 0.15) is 16.1 Å². The normalized spacial score (nSPS) is 10.6. The maximum absolute atomic E-state index is 12.5. The monoisotopic (exact) mass is 347 g/mol. The first-order valence-electron chi connectivity index (χ1n) is 6.63. The van der Waals surface area contributed by atoms with Crippen LogP contribution in [0.5, 0.6) is 0 Å². The van der Waals surface area contributed by atoms with E-state index in [9.17, 15) is 4.79 Å². The number of rotatable bonds is 3. The van der Waals surface area contributed by atoms with Crippen LogP contribution in [0.25, 0.3) is 5.95 Å². The molecular weight excluding hydrogens is 337 g/mol. The molecule has 3 rings (SSSR count). The summed E-state index contributed by atoms with van der Waals surface area (Å²) < 4.78 is 1.58. The standard InChI is InChI=1S/C15H11Cl2N5O/c1-9-10(16)3-2-4-12(9)20-14(23)13-11(17)7-19-15(21-13)22-6-5-18-8-22/h2-8H,1H3,(H,20,23). The molecule has 2 aromatic heterocycles. The molecule has 1 aromatic carbocycles. The van der Waals surface area contributed by atoms with E-state index in [1.807, 2.05) is 6.92 Å². The van der Waals surface area contributed by atoms with Crippen molar-refractivity contribution in [2.75, 3.05) is 5.32 Å². The summed E-state index contributed by atoms with van der Waals surface area (Å²) in [5.41, 5.74) is 1.44. The van der Waals surface area contributed by atoms with E-state index in [-0.39, 0.29) is 10.7 Å². The highest BCUT2D eigenvalue weighted by Crippen LogP contribution is 2.24. The van der Waals surface area contributed by atoms with Gasteiger partial charge in [0, 0.05) is 23.1 Å². The lowest BCUT2D eigenvalue weighted by molar-refractivity contribution is 0.102. The van der Waals surface area contributed by atoms with Crippen LogP contribution < -0.4 is 5.32 Å². The van der Waals surface area contributed by atoms with Crippen LogP contribution in [0.3, 0.4) is 0 Å². The number of nitrogens with zero attached hydrogens (tertiary/aromatic N) is 4. The molecule has 8 heteroatoms. The number of aromatic nitrogens is 4. The van der Waals surface area contributed by atoms with Gasteiger partial charge in [-0.25, -0.2) is 15.0 Å². The van der Waals surface area contributed by atoms with Gasteiger partial charge >= 0.3 is 0 Å². The minimum Gasteiger partial charge on any atom is -0.320 e. The Morgan fingerprint density at radius 3 is 2.83 bits per heavy atom. The fourth-order valence-corrected chi connectivity index (χ4v) is 2.29. The van der Waals surface area contributed by atoms with Crippen molar-refractivity contribution in [3.63, 3.8) is 0 Å². The van der Waals surface area contributed by atoms with Crippen molar-refractivity contribution < 1.29 is 4.79 Å². The van der Waals surface area contributed by atoms with E-state index >= 15 is 0 Å². The second kappa shape index (κ2) is 6.36. The Bertz CT molecular complexity index is 864. The van der Waals surface area contributed by atoms with Crippen molar-refractivity contribution in [3.8, 4) is 5.95 Å². The third kappa shape index (κ3) is 3.18. The van der Waals surface area contributed by atoms with Crippen molar-refractivity contribution in [2.45, 2.75) is 6.92 Å². The number of halogens is 2. The van der Waals surface area contributed by atoms with Crippen LogP contribution in [-0.2, 0) is 0 Å². The molecule has 0 bridgehead atoms. The molecule has 0 aliphatic heterocycles. The number of carbonyl (C=O) groups is 1. The number of hydrogen-bond donors (Lipinski definition) is 1. The SMILES string of the molecule is Cc1c(Cl)cccc1NC(=O)c1nc(-n2ccnc2)ncc1Cl. The van der Waals surface area contributed by atoms with Gasteiger partial charge in [-0.1, -0.05) is 29.3 Å². The van der Waals surface area contributed by atoms with Gasteiger partial charge in [0.1, 0.15) is 6.33 Å². The lowest BCUT2D eigenvalue weighted by atomic mass is 10.2. The average Bonchev–Trinajstić information content (AvgIpc) is 3.06. The van der Waals surface area contributed by atoms with E-state index in [2.05, 4.69) is 20.3 Å². The van der Waals surface area contributed by atoms with E-state index in [4.69, 9.17) is 23.2 Å². The minimum atomic E-state index is -0.441. The molecule has 0 fully saturated rings. The van der Waals surface area contributed by atoms with Crippen LogP contribution in [0.2, 0.25) is 10.0 Å². The summed E-state index contributed by atoms with van der Waals surface area (Å²) in [6.07, 6.45) is 6.18. The largest absolute Gasteiger partial charge is 0.320 e. The number of imidazole rings is 1. The van der Waals surface area contributed by atoms with Gasteiger partial charge in [0.25, 0.3) is 5.91 Å². The maximum atomic E-state index is 12.5. The van der Waals surface area contributed by atoms with E-state index in [1.165, 1.54) is 12.5 Å². The Labute approximate surface area is 142 Å². The highest BCUT2D eigenvalue weighted by atomic mass is 35.5. The molecule has 0 unspecified atom stereocenters. The summed E-state index contributed by atoms with van der Waals surface area (Å²) in [4.78, 5) is 24.7. The lowest BCUT2D eigenvalue weighted by Crippen LogP contribution is -2.17. The molecule has 1 N–H and O–H groups in total. The number of benzene rings is 1. The number of hydrogen-bond acceptors (Lipinski definition) is 4. The second-order valence-electron chi connectivity index (χ2n) is 4.70. The highest BCUT2D eigenvalue weighted by molar-refractivity contribution is 6.34. The quantitative estimate of drug-likeness (QED) is 0.786. The minimum absolute atomic E-state index is 0.0738. The third-order valence-electron chi connectivity index (χ3n) is 3.20. The fraction of sp³-hybridized carbons (Fsp3) is 0.0667. The van der Waals surface area contributed by atoms with E-state index in [0.29, 0.717) is 16.7 Å². The molecule has 116 valence electrons. The average molecular weight is 348 g/mol. The first-order valence-corrected chi connectivity index (χ1v) is 7.39. The van der Waals surface area contributed by atoms with Crippen LogP contribution >= 0.6 is 23.2 Å². The van der Waals surface area contributed by atoms with E-state index < -0.39 is 5.91 Å². The summed E-state index contributed by atoms with van der Waals surface area (Å²) in [5.74, 6) is -0.135. The van der Waals surface area contributed by atoms with Crippen molar-refractivity contribution in [1.82, 2.24) is 19.5 Å². The predicted molar refractivity (Wildman–Crippen MR) is 88.3 cm³/mol. The lowest BCUT2D eigenvalue weighted by Gasteiger charge is -2.10. The Kier molecular flexibility index (Phi) is 4.27. The summed E-state index contributed by atoms with van der Waals surface area (Å²) >= 11 is 12.1. The number of anilines is 1. The van der Waals surface area contributed by atoms with Crippen molar-refractivity contribution >= 4 is 34.8 Å². The smallest absolute Gasteiger partial charge is 0.276 e. The van der Waals surface area contributed by atoms with Gasteiger partial charge in [-0.3, -0.25) is 9.36 Å². The molecule has 6 nitrogen and oxygen atoms in total. The van der Waals surface area contributed by atoms with Gasteiger partial charge in [0.05, 0.1) is 11.2 Å². The molecule has 0 atom stereocenters. The van der Waals surface area contributed by atoms with Crippen molar-refractivity contribution in [3.05, 3.63) is 64.4 Å². The van der Waals surface area contributed by atoms with Crippen molar-refractivity contribution in [2.24, 2.45) is 0 Å². The van der Waals surface area contributed by atoms with Gasteiger partial charge in [0.2, 0.25) is 5.95 Å². The Morgan fingerprint density at radius 1 is 1.26 bits per heavy atom. The maximum Gasteiger partial charge on any atom is 0.276 e. The Hall–Kier alpha value is -2.44. The zero-order chi connectivity index (χ0) is 16.4.